The molecule has 0 saturated heterocycles. The lowest BCUT2D eigenvalue weighted by Crippen LogP contribution is -2.49. The van der Waals surface area contributed by atoms with E-state index in [9.17, 15) is 29.3 Å². The molecule has 10 nitrogen and oxygen atoms in total. The fourth-order valence-corrected chi connectivity index (χ4v) is 8.43. The van der Waals surface area contributed by atoms with E-state index in [1.54, 1.807) is 21.0 Å². The molecule has 0 aromatic heterocycles. The summed E-state index contributed by atoms with van der Waals surface area (Å²) in [6, 6.07) is 0. The number of hydrogen-bond donors (Lipinski definition) is 3. The van der Waals surface area contributed by atoms with Gasteiger partial charge in [-0.1, -0.05) is 167 Å². The van der Waals surface area contributed by atoms with E-state index in [1.165, 1.54) is 128 Å². The summed E-state index contributed by atoms with van der Waals surface area (Å²) in [5.74, 6) is -1.73. The molecule has 2 unspecified atom stereocenters. The van der Waals surface area contributed by atoms with Crippen LogP contribution in [0, 0.1) is 0 Å². The van der Waals surface area contributed by atoms with Gasteiger partial charge in [0, 0.05) is 19.3 Å². The van der Waals surface area contributed by atoms with Gasteiger partial charge < -0.3 is 33.6 Å². The Bertz CT molecular complexity index is 1020. The smallest absolute Gasteiger partial charge is 0.384 e. The second kappa shape index (κ2) is 37.7. The Kier molecular flexibility index (Phi) is 36.8. The van der Waals surface area contributed by atoms with Gasteiger partial charge in [0.05, 0.1) is 27.2 Å². The Morgan fingerprint density at radius 1 is 0.596 bits per heavy atom. The van der Waals surface area contributed by atoms with Gasteiger partial charge in [-0.25, -0.2) is 0 Å². The molecule has 338 valence electrons. The molecule has 0 aromatic carbocycles. The number of carbonyl (C=O) groups is 2. The SMILES string of the molecule is CCCCCCC/C=C\CCCCCCCCC(=O)O[C@H](COC(=O)CCCCCCCCCCCCCCCCC)COP(=O)(O)C(C)[N+](C)(C)CCC(O)O. The van der Waals surface area contributed by atoms with Crippen LogP contribution in [0.15, 0.2) is 12.2 Å². The number of quaternary nitrogens is 1. The van der Waals surface area contributed by atoms with Crippen LogP contribution in [0.3, 0.4) is 0 Å². The third kappa shape index (κ3) is 35.2. The van der Waals surface area contributed by atoms with Crippen molar-refractivity contribution in [3.63, 3.8) is 0 Å². The molecule has 3 N–H and O–H groups in total. The van der Waals surface area contributed by atoms with Crippen molar-refractivity contribution in [3.8, 4) is 0 Å². The van der Waals surface area contributed by atoms with Gasteiger partial charge >= 0.3 is 19.5 Å². The fraction of sp³-hybridized carbons (Fsp3) is 0.913. The summed E-state index contributed by atoms with van der Waals surface area (Å²) in [6.07, 6.45) is 36.2. The maximum Gasteiger partial charge on any atom is 0.384 e. The number of carbonyl (C=O) groups excluding carboxylic acids is 2. The quantitative estimate of drug-likeness (QED) is 0.0137. The minimum Gasteiger partial charge on any atom is -0.462 e. The van der Waals surface area contributed by atoms with E-state index in [1.807, 2.05) is 0 Å². The first kappa shape index (κ1) is 55.7. The zero-order valence-corrected chi connectivity index (χ0v) is 38.5. The van der Waals surface area contributed by atoms with Crippen LogP contribution in [-0.2, 0) is 28.2 Å². The highest BCUT2D eigenvalue weighted by Crippen LogP contribution is 2.50. The molecule has 0 rings (SSSR count). The molecule has 0 aliphatic rings. The molecule has 0 amide bonds. The van der Waals surface area contributed by atoms with Crippen molar-refractivity contribution in [2.75, 3.05) is 33.9 Å². The number of hydrogen-bond acceptors (Lipinski definition) is 8. The largest absolute Gasteiger partial charge is 0.462 e. The number of allylic oxidation sites excluding steroid dienone is 2. The third-order valence-electron chi connectivity index (χ3n) is 11.2. The molecule has 0 saturated carbocycles. The Morgan fingerprint density at radius 3 is 1.40 bits per heavy atom. The molecule has 0 aliphatic heterocycles. The van der Waals surface area contributed by atoms with Gasteiger partial charge in [0.1, 0.15) is 6.61 Å². The summed E-state index contributed by atoms with van der Waals surface area (Å²) in [6.45, 7) is 5.65. The highest BCUT2D eigenvalue weighted by Gasteiger charge is 2.42. The number of ether oxygens (including phenoxy) is 2. The molecule has 0 spiro atoms. The number of rotatable bonds is 42. The van der Waals surface area contributed by atoms with E-state index in [2.05, 4.69) is 26.0 Å². The zero-order valence-electron chi connectivity index (χ0n) is 37.6. The molecule has 0 heterocycles. The summed E-state index contributed by atoms with van der Waals surface area (Å²) in [5, 5.41) is 18.6. The lowest BCUT2D eigenvalue weighted by Gasteiger charge is -2.37. The first-order valence-electron chi connectivity index (χ1n) is 23.5. The topological polar surface area (TPSA) is 140 Å². The van der Waals surface area contributed by atoms with Crippen LogP contribution in [0.25, 0.3) is 0 Å². The number of esters is 2. The van der Waals surface area contributed by atoms with Crippen molar-refractivity contribution in [2.24, 2.45) is 0 Å². The van der Waals surface area contributed by atoms with Gasteiger partial charge in [0.15, 0.2) is 18.2 Å². The lowest BCUT2D eigenvalue weighted by molar-refractivity contribution is -0.901. The molecule has 0 aliphatic carbocycles. The number of nitrogens with zero attached hydrogens (tertiary/aromatic N) is 1. The van der Waals surface area contributed by atoms with Crippen LogP contribution in [-0.4, -0.2) is 83.6 Å². The van der Waals surface area contributed by atoms with Gasteiger partial charge in [-0.05, 0) is 45.4 Å². The van der Waals surface area contributed by atoms with Gasteiger partial charge in [0.25, 0.3) is 0 Å². The highest BCUT2D eigenvalue weighted by atomic mass is 31.2. The van der Waals surface area contributed by atoms with E-state index in [-0.39, 0.29) is 42.9 Å². The first-order chi connectivity index (χ1) is 27.4. The summed E-state index contributed by atoms with van der Waals surface area (Å²) in [4.78, 5) is 36.3. The zero-order chi connectivity index (χ0) is 42.5. The first-order valence-corrected chi connectivity index (χ1v) is 25.2. The standard InChI is InChI=1S/C46H90NO9P/c1-6-8-10-12-14-16-18-20-22-24-26-28-30-32-34-36-45(50)54-40-43(41-55-57(52,53)42(3)47(4,5)39-38-44(48)49)56-46(51)37-35-33-31-29-27-25-23-21-19-17-15-13-11-9-7-2/h19,21,42-44,48-49H,6-18,20,22-41H2,1-5H3/p+1/b21-19-/t42?,43-/m1/s1. The average Bonchev–Trinajstić information content (AvgIpc) is 3.17. The van der Waals surface area contributed by atoms with Crippen molar-refractivity contribution in [3.05, 3.63) is 12.2 Å². The van der Waals surface area contributed by atoms with Crippen molar-refractivity contribution < 1.29 is 47.7 Å². The van der Waals surface area contributed by atoms with Crippen LogP contribution in [0.4, 0.5) is 0 Å². The van der Waals surface area contributed by atoms with Gasteiger partial charge in [0.2, 0.25) is 0 Å². The van der Waals surface area contributed by atoms with Crippen LogP contribution in [0.5, 0.6) is 0 Å². The molecule has 0 radical (unpaired) electrons. The number of aliphatic hydroxyl groups is 2. The molecule has 0 bridgehead atoms. The summed E-state index contributed by atoms with van der Waals surface area (Å²) < 4.78 is 29.9. The number of aliphatic hydroxyl groups excluding tert-OH is 1. The van der Waals surface area contributed by atoms with E-state index in [4.69, 9.17) is 14.0 Å². The number of unbranched alkanes of at least 4 members (excludes halogenated alkanes) is 25. The molecule has 57 heavy (non-hydrogen) atoms. The average molecular weight is 833 g/mol. The molecular formula is C46H91NO9P+. The second-order valence-electron chi connectivity index (χ2n) is 17.1. The summed E-state index contributed by atoms with van der Waals surface area (Å²) >= 11 is 0. The monoisotopic (exact) mass is 833 g/mol. The lowest BCUT2D eigenvalue weighted by atomic mass is 10.0. The van der Waals surface area contributed by atoms with E-state index in [0.29, 0.717) is 6.42 Å². The maximum atomic E-state index is 13.3. The van der Waals surface area contributed by atoms with Crippen molar-refractivity contribution in [1.82, 2.24) is 0 Å². The predicted octanol–water partition coefficient (Wildman–Crippen LogP) is 12.1. The van der Waals surface area contributed by atoms with Crippen LogP contribution in [0.2, 0.25) is 0 Å². The molecule has 0 aromatic rings. The normalized spacial score (nSPS) is 14.3. The molecule has 0 fully saturated rings. The van der Waals surface area contributed by atoms with E-state index < -0.39 is 38.3 Å². The highest BCUT2D eigenvalue weighted by molar-refractivity contribution is 7.53. The van der Waals surface area contributed by atoms with Gasteiger partial charge in [-0.2, -0.15) is 0 Å². The summed E-state index contributed by atoms with van der Waals surface area (Å²) in [5.41, 5.74) is 0. The Labute approximate surface area is 350 Å². The third-order valence-corrected chi connectivity index (χ3v) is 13.3. The Morgan fingerprint density at radius 2 is 0.982 bits per heavy atom. The van der Waals surface area contributed by atoms with E-state index >= 15 is 0 Å². The van der Waals surface area contributed by atoms with Crippen LogP contribution in [0.1, 0.15) is 220 Å². The maximum absolute atomic E-state index is 13.3. The fourth-order valence-electron chi connectivity index (χ4n) is 6.93. The minimum atomic E-state index is -4.24. The van der Waals surface area contributed by atoms with Crippen molar-refractivity contribution >= 4 is 19.5 Å². The van der Waals surface area contributed by atoms with Crippen molar-refractivity contribution in [1.29, 1.82) is 0 Å². The second-order valence-corrected chi connectivity index (χ2v) is 19.2. The predicted molar refractivity (Wildman–Crippen MR) is 235 cm³/mol. The van der Waals surface area contributed by atoms with Gasteiger partial charge in [-0.15, -0.1) is 0 Å². The Balaban J connectivity index is 4.60. The molecule has 11 heteroatoms. The molecular weight excluding hydrogens is 741 g/mol. The molecule has 3 atom stereocenters. The summed E-state index contributed by atoms with van der Waals surface area (Å²) in [7, 11) is -0.810. The van der Waals surface area contributed by atoms with Crippen LogP contribution < -0.4 is 0 Å². The van der Waals surface area contributed by atoms with Crippen LogP contribution >= 0.6 is 7.60 Å². The minimum absolute atomic E-state index is 0.0139. The van der Waals surface area contributed by atoms with E-state index in [0.717, 1.165) is 44.9 Å². The van der Waals surface area contributed by atoms with Gasteiger partial charge in [-0.3, -0.25) is 14.2 Å². The van der Waals surface area contributed by atoms with Crippen molar-refractivity contribution in [2.45, 2.75) is 238 Å². The Hall–Kier alpha value is -1.29.